The number of nitrogens with one attached hydrogen (secondary N) is 2. The zero-order chi connectivity index (χ0) is 16.3. The number of rotatable bonds is 6. The van der Waals surface area contributed by atoms with Crippen molar-refractivity contribution < 1.29 is 22.2 Å². The predicted octanol–water partition coefficient (Wildman–Crippen LogP) is 1.36. The third-order valence-corrected chi connectivity index (χ3v) is 4.87. The quantitative estimate of drug-likeness (QED) is 0.718. The Morgan fingerprint density at radius 3 is 2.59 bits per heavy atom. The molecule has 0 fully saturated rings. The van der Waals surface area contributed by atoms with Crippen molar-refractivity contribution in [3.63, 3.8) is 0 Å². The van der Waals surface area contributed by atoms with E-state index in [2.05, 4.69) is 31.1 Å². The van der Waals surface area contributed by atoms with Crippen molar-refractivity contribution in [2.75, 3.05) is 13.1 Å². The van der Waals surface area contributed by atoms with Gasteiger partial charge in [-0.25, -0.2) is 13.1 Å². The zero-order valence-corrected chi connectivity index (χ0v) is 14.2. The summed E-state index contributed by atoms with van der Waals surface area (Å²) in [5.41, 5.74) is 0.287. The number of aryl methyl sites for hydroxylation is 2. The molecular formula is C12H14BrN3O5S. The predicted molar refractivity (Wildman–Crippen MR) is 79.9 cm³/mol. The molecule has 0 atom stereocenters. The first-order valence-electron chi connectivity index (χ1n) is 6.27. The minimum atomic E-state index is -3.73. The highest BCUT2D eigenvalue weighted by Gasteiger charge is 2.23. The van der Waals surface area contributed by atoms with Gasteiger partial charge in [0.2, 0.25) is 10.0 Å². The van der Waals surface area contributed by atoms with Crippen LogP contribution in [0.25, 0.3) is 0 Å². The average molecular weight is 392 g/mol. The van der Waals surface area contributed by atoms with Gasteiger partial charge in [0.1, 0.15) is 10.6 Å². The average Bonchev–Trinajstić information content (AvgIpc) is 3.01. The smallest absolute Gasteiger partial charge is 0.287 e. The third kappa shape index (κ3) is 3.76. The summed E-state index contributed by atoms with van der Waals surface area (Å²) in [6.45, 7) is 3.20. The van der Waals surface area contributed by atoms with E-state index in [0.717, 1.165) is 0 Å². The molecule has 0 aliphatic carbocycles. The lowest BCUT2D eigenvalue weighted by atomic mass is 10.4. The van der Waals surface area contributed by atoms with Crippen LogP contribution in [0.4, 0.5) is 0 Å². The summed E-state index contributed by atoms with van der Waals surface area (Å²) >= 11 is 3.09. The Hall–Kier alpha value is -1.65. The van der Waals surface area contributed by atoms with E-state index in [9.17, 15) is 13.2 Å². The molecule has 0 aliphatic rings. The number of furan rings is 1. The van der Waals surface area contributed by atoms with E-state index >= 15 is 0 Å². The largest absolute Gasteiger partial charge is 0.444 e. The van der Waals surface area contributed by atoms with Crippen LogP contribution in [0, 0.1) is 13.8 Å². The van der Waals surface area contributed by atoms with Crippen LogP contribution in [-0.4, -0.2) is 32.6 Å². The van der Waals surface area contributed by atoms with E-state index < -0.39 is 15.9 Å². The summed E-state index contributed by atoms with van der Waals surface area (Å²) in [6.07, 6.45) is 0. The molecule has 2 aromatic rings. The number of carbonyl (C=O) groups is 1. The van der Waals surface area contributed by atoms with Crippen LogP contribution >= 0.6 is 15.9 Å². The fraction of sp³-hybridized carbons (Fsp3) is 0.333. The van der Waals surface area contributed by atoms with Gasteiger partial charge < -0.3 is 14.3 Å². The summed E-state index contributed by atoms with van der Waals surface area (Å²) in [5, 5.41) is 6.14. The third-order valence-electron chi connectivity index (χ3n) is 2.74. The maximum absolute atomic E-state index is 12.1. The van der Waals surface area contributed by atoms with Crippen molar-refractivity contribution in [3.05, 3.63) is 34.0 Å². The van der Waals surface area contributed by atoms with Gasteiger partial charge in [-0.15, -0.1) is 0 Å². The van der Waals surface area contributed by atoms with Crippen molar-refractivity contribution in [1.29, 1.82) is 0 Å². The second kappa shape index (κ2) is 6.63. The van der Waals surface area contributed by atoms with Gasteiger partial charge in [0.15, 0.2) is 16.2 Å². The zero-order valence-electron chi connectivity index (χ0n) is 11.8. The first-order valence-corrected chi connectivity index (χ1v) is 8.55. The fourth-order valence-electron chi connectivity index (χ4n) is 1.82. The summed E-state index contributed by atoms with van der Waals surface area (Å²) < 4.78 is 36.9. The molecule has 2 rings (SSSR count). The number of aromatic nitrogens is 1. The molecule has 0 saturated heterocycles. The molecule has 22 heavy (non-hydrogen) atoms. The minimum absolute atomic E-state index is 0.0220. The van der Waals surface area contributed by atoms with E-state index in [-0.39, 0.29) is 35.2 Å². The molecule has 0 unspecified atom stereocenters. The van der Waals surface area contributed by atoms with E-state index in [1.54, 1.807) is 13.0 Å². The van der Waals surface area contributed by atoms with Crippen LogP contribution < -0.4 is 10.0 Å². The molecule has 0 aliphatic heterocycles. The van der Waals surface area contributed by atoms with E-state index in [1.165, 1.54) is 13.0 Å². The van der Waals surface area contributed by atoms with E-state index in [1.807, 2.05) is 0 Å². The highest BCUT2D eigenvalue weighted by Crippen LogP contribution is 2.18. The SMILES string of the molecule is Cc1noc(C)c1S(=O)(=O)NCCNC(=O)c1ccc(Br)o1. The monoisotopic (exact) mass is 391 g/mol. The van der Waals surface area contributed by atoms with Crippen LogP contribution in [0.3, 0.4) is 0 Å². The van der Waals surface area contributed by atoms with Crippen LogP contribution in [0.2, 0.25) is 0 Å². The molecular weight excluding hydrogens is 378 g/mol. The maximum atomic E-state index is 12.1. The molecule has 2 heterocycles. The first-order chi connectivity index (χ1) is 10.3. The molecule has 0 aromatic carbocycles. The van der Waals surface area contributed by atoms with Crippen LogP contribution in [-0.2, 0) is 10.0 Å². The lowest BCUT2D eigenvalue weighted by Gasteiger charge is -2.06. The van der Waals surface area contributed by atoms with Gasteiger partial charge in [-0.05, 0) is 41.9 Å². The topological polar surface area (TPSA) is 114 Å². The highest BCUT2D eigenvalue weighted by molar-refractivity contribution is 9.10. The summed E-state index contributed by atoms with van der Waals surface area (Å²) in [6, 6.07) is 3.10. The standard InChI is InChI=1S/C12H14BrN3O5S/c1-7-11(8(2)21-16-7)22(18,19)15-6-5-14-12(17)9-3-4-10(13)20-9/h3-4,15H,5-6H2,1-2H3,(H,14,17). The van der Waals surface area contributed by atoms with Gasteiger partial charge in [-0.3, -0.25) is 4.79 Å². The minimum Gasteiger partial charge on any atom is -0.444 e. The number of halogens is 1. The second-order valence-electron chi connectivity index (χ2n) is 4.41. The molecule has 2 N–H and O–H groups in total. The summed E-state index contributed by atoms with van der Waals surface area (Å²) in [7, 11) is -3.73. The van der Waals surface area contributed by atoms with Gasteiger partial charge in [-0.1, -0.05) is 5.16 Å². The normalized spacial score (nSPS) is 11.6. The Kier molecular flexibility index (Phi) is 5.04. The molecule has 0 bridgehead atoms. The number of carbonyl (C=O) groups excluding carboxylic acids is 1. The fourth-order valence-corrected chi connectivity index (χ4v) is 3.48. The molecule has 120 valence electrons. The maximum Gasteiger partial charge on any atom is 0.287 e. The highest BCUT2D eigenvalue weighted by atomic mass is 79.9. The molecule has 8 nitrogen and oxygen atoms in total. The Labute approximate surface area is 135 Å². The van der Waals surface area contributed by atoms with Crippen molar-refractivity contribution in [3.8, 4) is 0 Å². The number of nitrogens with zero attached hydrogens (tertiary/aromatic N) is 1. The van der Waals surface area contributed by atoms with Crippen molar-refractivity contribution in [2.45, 2.75) is 18.7 Å². The number of amides is 1. The summed E-state index contributed by atoms with van der Waals surface area (Å²) in [4.78, 5) is 11.7. The number of hydrogen-bond acceptors (Lipinski definition) is 6. The number of hydrogen-bond donors (Lipinski definition) is 2. The second-order valence-corrected chi connectivity index (χ2v) is 6.90. The van der Waals surface area contributed by atoms with E-state index in [4.69, 9.17) is 8.94 Å². The molecule has 0 spiro atoms. The Morgan fingerprint density at radius 1 is 1.32 bits per heavy atom. The first kappa shape index (κ1) is 16.7. The Morgan fingerprint density at radius 2 is 2.05 bits per heavy atom. The Balaban J connectivity index is 1.87. The molecule has 0 radical (unpaired) electrons. The van der Waals surface area contributed by atoms with Gasteiger partial charge >= 0.3 is 0 Å². The van der Waals surface area contributed by atoms with Crippen LogP contribution in [0.1, 0.15) is 22.0 Å². The molecule has 2 aromatic heterocycles. The van der Waals surface area contributed by atoms with Crippen molar-refractivity contribution >= 4 is 31.9 Å². The van der Waals surface area contributed by atoms with E-state index in [0.29, 0.717) is 4.67 Å². The molecule has 10 heteroatoms. The van der Waals surface area contributed by atoms with Crippen molar-refractivity contribution in [2.24, 2.45) is 0 Å². The van der Waals surface area contributed by atoms with Gasteiger partial charge in [0.25, 0.3) is 5.91 Å². The van der Waals surface area contributed by atoms with Crippen molar-refractivity contribution in [1.82, 2.24) is 15.2 Å². The molecule has 0 saturated carbocycles. The van der Waals surface area contributed by atoms with Gasteiger partial charge in [-0.2, -0.15) is 0 Å². The van der Waals surface area contributed by atoms with Crippen LogP contribution in [0.5, 0.6) is 0 Å². The lowest BCUT2D eigenvalue weighted by molar-refractivity contribution is 0.0925. The van der Waals surface area contributed by atoms with Gasteiger partial charge in [0, 0.05) is 13.1 Å². The lowest BCUT2D eigenvalue weighted by Crippen LogP contribution is -2.34. The van der Waals surface area contributed by atoms with Gasteiger partial charge in [0.05, 0.1) is 0 Å². The Bertz CT molecular complexity index is 761. The number of sulfonamides is 1. The summed E-state index contributed by atoms with van der Waals surface area (Å²) in [5.74, 6) is -0.0721. The molecule has 1 amide bonds. The van der Waals surface area contributed by atoms with Crippen LogP contribution in [0.15, 0.2) is 30.6 Å².